The standard InChI is InChI=1S/C13H18O2/c1-4-12(5-2)15-13-7-6-10(3)8-11(13)9-14/h6-9,12H,4-5H2,1-3H3. The Morgan fingerprint density at radius 2 is 2.00 bits per heavy atom. The molecule has 1 aromatic carbocycles. The highest BCUT2D eigenvalue weighted by Crippen LogP contribution is 2.21. The molecule has 2 heteroatoms. The van der Waals surface area contributed by atoms with Crippen LogP contribution in [0.15, 0.2) is 18.2 Å². The van der Waals surface area contributed by atoms with Gasteiger partial charge in [0, 0.05) is 0 Å². The van der Waals surface area contributed by atoms with Crippen LogP contribution in [0.2, 0.25) is 0 Å². The molecule has 0 amide bonds. The monoisotopic (exact) mass is 206 g/mol. The number of ether oxygens (including phenoxy) is 1. The molecule has 15 heavy (non-hydrogen) atoms. The van der Waals surface area contributed by atoms with Crippen molar-refractivity contribution in [3.05, 3.63) is 29.3 Å². The van der Waals surface area contributed by atoms with Gasteiger partial charge in [0.15, 0.2) is 6.29 Å². The van der Waals surface area contributed by atoms with E-state index in [9.17, 15) is 4.79 Å². The van der Waals surface area contributed by atoms with E-state index in [1.54, 1.807) is 0 Å². The van der Waals surface area contributed by atoms with Gasteiger partial charge in [-0.1, -0.05) is 25.5 Å². The van der Waals surface area contributed by atoms with Gasteiger partial charge >= 0.3 is 0 Å². The predicted molar refractivity (Wildman–Crippen MR) is 61.6 cm³/mol. The lowest BCUT2D eigenvalue weighted by atomic mass is 10.1. The summed E-state index contributed by atoms with van der Waals surface area (Å²) < 4.78 is 5.76. The lowest BCUT2D eigenvalue weighted by Gasteiger charge is -2.17. The molecule has 0 aromatic heterocycles. The van der Waals surface area contributed by atoms with Gasteiger partial charge in [0.05, 0.1) is 11.7 Å². The van der Waals surface area contributed by atoms with E-state index in [0.29, 0.717) is 11.3 Å². The van der Waals surface area contributed by atoms with Crippen molar-refractivity contribution < 1.29 is 9.53 Å². The molecule has 0 atom stereocenters. The van der Waals surface area contributed by atoms with Crippen molar-refractivity contribution >= 4 is 6.29 Å². The van der Waals surface area contributed by atoms with E-state index in [1.165, 1.54) is 0 Å². The maximum atomic E-state index is 10.9. The highest BCUT2D eigenvalue weighted by atomic mass is 16.5. The van der Waals surface area contributed by atoms with Crippen LogP contribution in [-0.2, 0) is 0 Å². The first-order chi connectivity index (χ1) is 7.21. The summed E-state index contributed by atoms with van der Waals surface area (Å²) in [6.45, 7) is 6.14. The summed E-state index contributed by atoms with van der Waals surface area (Å²) in [4.78, 5) is 10.9. The fourth-order valence-corrected chi connectivity index (χ4v) is 1.50. The van der Waals surface area contributed by atoms with E-state index in [2.05, 4.69) is 13.8 Å². The van der Waals surface area contributed by atoms with E-state index >= 15 is 0 Å². The van der Waals surface area contributed by atoms with Gasteiger partial charge in [0.2, 0.25) is 0 Å². The molecule has 1 rings (SSSR count). The first-order valence-electron chi connectivity index (χ1n) is 5.43. The van der Waals surface area contributed by atoms with Gasteiger partial charge in [-0.05, 0) is 31.9 Å². The quantitative estimate of drug-likeness (QED) is 0.690. The average Bonchev–Trinajstić information content (AvgIpc) is 2.27. The summed E-state index contributed by atoms with van der Waals surface area (Å²) in [5.41, 5.74) is 1.72. The Bertz CT molecular complexity index is 327. The first kappa shape index (κ1) is 11.8. The molecule has 0 aliphatic heterocycles. The number of aryl methyl sites for hydroxylation is 1. The minimum absolute atomic E-state index is 0.200. The number of benzene rings is 1. The zero-order valence-corrected chi connectivity index (χ0v) is 9.62. The van der Waals surface area contributed by atoms with Crippen molar-refractivity contribution in [3.8, 4) is 5.75 Å². The molecule has 0 aliphatic rings. The molecular weight excluding hydrogens is 188 g/mol. The van der Waals surface area contributed by atoms with Crippen molar-refractivity contribution in [1.29, 1.82) is 0 Å². The Hall–Kier alpha value is -1.31. The molecule has 0 fully saturated rings. The SMILES string of the molecule is CCC(CC)Oc1ccc(C)cc1C=O. The molecule has 0 saturated carbocycles. The minimum Gasteiger partial charge on any atom is -0.490 e. The molecule has 0 aliphatic carbocycles. The van der Waals surface area contributed by atoms with Crippen LogP contribution in [0.5, 0.6) is 5.75 Å². The van der Waals surface area contributed by atoms with Crippen LogP contribution in [0.1, 0.15) is 42.6 Å². The van der Waals surface area contributed by atoms with Crippen molar-refractivity contribution in [2.45, 2.75) is 39.7 Å². The molecule has 0 spiro atoms. The summed E-state index contributed by atoms with van der Waals surface area (Å²) in [6.07, 6.45) is 2.97. The van der Waals surface area contributed by atoms with Crippen molar-refractivity contribution in [3.63, 3.8) is 0 Å². The smallest absolute Gasteiger partial charge is 0.153 e. The maximum absolute atomic E-state index is 10.9. The third-order valence-electron chi connectivity index (χ3n) is 2.50. The summed E-state index contributed by atoms with van der Waals surface area (Å²) in [5.74, 6) is 0.698. The van der Waals surface area contributed by atoms with Gasteiger partial charge in [0.1, 0.15) is 5.75 Å². The fraction of sp³-hybridized carbons (Fsp3) is 0.462. The molecule has 0 radical (unpaired) electrons. The van der Waals surface area contributed by atoms with Crippen LogP contribution < -0.4 is 4.74 Å². The third kappa shape index (κ3) is 3.08. The van der Waals surface area contributed by atoms with Crippen LogP contribution in [0, 0.1) is 6.92 Å². The highest BCUT2D eigenvalue weighted by Gasteiger charge is 2.08. The fourth-order valence-electron chi connectivity index (χ4n) is 1.50. The van der Waals surface area contributed by atoms with Gasteiger partial charge in [-0.15, -0.1) is 0 Å². The lowest BCUT2D eigenvalue weighted by molar-refractivity contribution is 0.111. The maximum Gasteiger partial charge on any atom is 0.153 e. The number of carbonyl (C=O) groups excluding carboxylic acids is 1. The number of hydrogen-bond donors (Lipinski definition) is 0. The molecule has 0 N–H and O–H groups in total. The third-order valence-corrected chi connectivity index (χ3v) is 2.50. The largest absolute Gasteiger partial charge is 0.490 e. The van der Waals surface area contributed by atoms with Gasteiger partial charge in [-0.2, -0.15) is 0 Å². The van der Waals surface area contributed by atoms with Gasteiger partial charge in [-0.25, -0.2) is 0 Å². The van der Waals surface area contributed by atoms with Crippen molar-refractivity contribution in [1.82, 2.24) is 0 Å². The Morgan fingerprint density at radius 1 is 1.33 bits per heavy atom. The molecule has 0 bridgehead atoms. The van der Waals surface area contributed by atoms with E-state index in [-0.39, 0.29) is 6.10 Å². The van der Waals surface area contributed by atoms with Gasteiger partial charge < -0.3 is 4.74 Å². The molecule has 82 valence electrons. The lowest BCUT2D eigenvalue weighted by Crippen LogP contribution is -2.14. The second-order valence-electron chi connectivity index (χ2n) is 3.72. The summed E-state index contributed by atoms with van der Waals surface area (Å²) in [7, 11) is 0. The molecule has 1 aromatic rings. The van der Waals surface area contributed by atoms with E-state index < -0.39 is 0 Å². The van der Waals surface area contributed by atoms with E-state index in [4.69, 9.17) is 4.74 Å². The van der Waals surface area contributed by atoms with Crippen molar-refractivity contribution in [2.75, 3.05) is 0 Å². The molecule has 0 unspecified atom stereocenters. The highest BCUT2D eigenvalue weighted by molar-refractivity contribution is 5.79. The van der Waals surface area contributed by atoms with E-state index in [1.807, 2.05) is 25.1 Å². The molecular formula is C13H18O2. The predicted octanol–water partition coefficient (Wildman–Crippen LogP) is 3.37. The number of aldehydes is 1. The average molecular weight is 206 g/mol. The Morgan fingerprint density at radius 3 is 2.53 bits per heavy atom. The second kappa shape index (κ2) is 5.54. The number of hydrogen-bond acceptors (Lipinski definition) is 2. The van der Waals surface area contributed by atoms with Crippen LogP contribution in [0.4, 0.5) is 0 Å². The first-order valence-corrected chi connectivity index (χ1v) is 5.43. The van der Waals surface area contributed by atoms with Crippen LogP contribution in [0.3, 0.4) is 0 Å². The van der Waals surface area contributed by atoms with Gasteiger partial charge in [0.25, 0.3) is 0 Å². The Kier molecular flexibility index (Phi) is 4.35. The normalized spacial score (nSPS) is 10.4. The topological polar surface area (TPSA) is 26.3 Å². The van der Waals surface area contributed by atoms with Crippen molar-refractivity contribution in [2.24, 2.45) is 0 Å². The molecule has 0 heterocycles. The van der Waals surface area contributed by atoms with Crippen LogP contribution >= 0.6 is 0 Å². The van der Waals surface area contributed by atoms with Crippen LogP contribution in [0.25, 0.3) is 0 Å². The summed E-state index contributed by atoms with van der Waals surface area (Å²) in [6, 6.07) is 5.69. The van der Waals surface area contributed by atoms with Gasteiger partial charge in [-0.3, -0.25) is 4.79 Å². The van der Waals surface area contributed by atoms with E-state index in [0.717, 1.165) is 24.7 Å². The summed E-state index contributed by atoms with van der Waals surface area (Å²) in [5, 5.41) is 0. The zero-order valence-electron chi connectivity index (χ0n) is 9.62. The molecule has 2 nitrogen and oxygen atoms in total. The zero-order chi connectivity index (χ0) is 11.3. The summed E-state index contributed by atoms with van der Waals surface area (Å²) >= 11 is 0. The Balaban J connectivity index is 2.88. The Labute approximate surface area is 91.3 Å². The second-order valence-corrected chi connectivity index (χ2v) is 3.72. The van der Waals surface area contributed by atoms with Crippen LogP contribution in [-0.4, -0.2) is 12.4 Å². The minimum atomic E-state index is 0.200. The molecule has 0 saturated heterocycles. The number of carbonyl (C=O) groups is 1. The number of rotatable bonds is 5.